The van der Waals surface area contributed by atoms with Gasteiger partial charge in [0.1, 0.15) is 5.56 Å². The van der Waals surface area contributed by atoms with E-state index in [1.165, 1.54) is 13.2 Å². The molecule has 1 aromatic heterocycles. The summed E-state index contributed by atoms with van der Waals surface area (Å²) in [6.45, 7) is 3.89. The molecule has 1 N–H and O–H groups in total. The lowest BCUT2D eigenvalue weighted by Crippen LogP contribution is -2.09. The van der Waals surface area contributed by atoms with E-state index >= 15 is 0 Å². The second kappa shape index (κ2) is 6.91. The van der Waals surface area contributed by atoms with Crippen LogP contribution >= 0.6 is 0 Å². The number of aryl methyl sites for hydroxylation is 2. The summed E-state index contributed by atoms with van der Waals surface area (Å²) in [6, 6.07) is 4.82. The van der Waals surface area contributed by atoms with Gasteiger partial charge in [0.2, 0.25) is 0 Å². The number of nitro benzene ring substituents is 1. The molecule has 2 aromatic rings. The van der Waals surface area contributed by atoms with Gasteiger partial charge in [0.05, 0.1) is 24.3 Å². The number of ether oxygens (including phenoxy) is 1. The van der Waals surface area contributed by atoms with Crippen molar-refractivity contribution in [2.45, 2.75) is 26.8 Å². The molecule has 23 heavy (non-hydrogen) atoms. The molecule has 0 spiro atoms. The first kappa shape index (κ1) is 16.5. The Morgan fingerprint density at radius 2 is 2.17 bits per heavy atom. The number of hydrogen-bond donors (Lipinski definition) is 1. The Morgan fingerprint density at radius 3 is 2.74 bits per heavy atom. The first-order valence-electron chi connectivity index (χ1n) is 7.02. The summed E-state index contributed by atoms with van der Waals surface area (Å²) in [5.41, 5.74) is 1.43. The van der Waals surface area contributed by atoms with E-state index in [-0.39, 0.29) is 11.3 Å². The van der Waals surface area contributed by atoms with Crippen molar-refractivity contribution in [3.8, 4) is 0 Å². The monoisotopic (exact) mass is 319 g/mol. The lowest BCUT2D eigenvalue weighted by molar-refractivity contribution is -0.385. The molecule has 0 saturated heterocycles. The minimum absolute atomic E-state index is 0.0909. The number of nitrogens with zero attached hydrogens (tertiary/aromatic N) is 2. The zero-order valence-electron chi connectivity index (χ0n) is 13.1. The molecule has 0 aliphatic heterocycles. The molecule has 8 heteroatoms. The summed E-state index contributed by atoms with van der Waals surface area (Å²) in [7, 11) is 1.18. The van der Waals surface area contributed by atoms with Gasteiger partial charge in [-0.3, -0.25) is 10.1 Å². The molecule has 0 saturated carbocycles. The van der Waals surface area contributed by atoms with Crippen LogP contribution in [0.3, 0.4) is 0 Å². The van der Waals surface area contributed by atoms with Gasteiger partial charge in [0, 0.05) is 17.3 Å². The molecular weight excluding hydrogens is 302 g/mol. The molecular formula is C15H17N3O5. The number of carbonyl (C=O) groups excluding carboxylic acids is 1. The van der Waals surface area contributed by atoms with Crippen LogP contribution in [0.25, 0.3) is 0 Å². The number of nitrogens with one attached hydrogen (secondary N) is 1. The standard InChI is InChI=1S/C15H17N3O5/c1-4-10-6-12(23-17-10)8-16-11-5-9(2)14(18(20)21)13(7-11)15(19)22-3/h5-7,16H,4,8H2,1-3H3. The Labute approximate surface area is 132 Å². The van der Waals surface area contributed by atoms with Crippen LogP contribution in [0.1, 0.15) is 34.3 Å². The van der Waals surface area contributed by atoms with Gasteiger partial charge in [-0.25, -0.2) is 4.79 Å². The zero-order chi connectivity index (χ0) is 17.0. The maximum atomic E-state index is 11.8. The lowest BCUT2D eigenvalue weighted by atomic mass is 10.1. The fraction of sp³-hybridized carbons (Fsp3) is 0.333. The number of nitro groups is 1. The van der Waals surface area contributed by atoms with Crippen LogP contribution in [0, 0.1) is 17.0 Å². The smallest absolute Gasteiger partial charge is 0.344 e. The maximum Gasteiger partial charge on any atom is 0.344 e. The van der Waals surface area contributed by atoms with Crippen molar-refractivity contribution < 1.29 is 19.0 Å². The number of carbonyl (C=O) groups is 1. The highest BCUT2D eigenvalue weighted by Crippen LogP contribution is 2.28. The Kier molecular flexibility index (Phi) is 4.95. The highest BCUT2D eigenvalue weighted by atomic mass is 16.6. The van der Waals surface area contributed by atoms with Gasteiger partial charge < -0.3 is 14.6 Å². The Morgan fingerprint density at radius 1 is 1.43 bits per heavy atom. The molecule has 0 aliphatic carbocycles. The molecule has 2 rings (SSSR count). The van der Waals surface area contributed by atoms with Gasteiger partial charge in [-0.05, 0) is 25.5 Å². The second-order valence-electron chi connectivity index (χ2n) is 4.93. The Balaban J connectivity index is 2.27. The molecule has 0 fully saturated rings. The van der Waals surface area contributed by atoms with Crippen LogP contribution in [0.15, 0.2) is 22.7 Å². The third-order valence-electron chi connectivity index (χ3n) is 3.33. The molecule has 122 valence electrons. The van der Waals surface area contributed by atoms with Crippen molar-refractivity contribution in [1.29, 1.82) is 0 Å². The molecule has 1 heterocycles. The third kappa shape index (κ3) is 3.65. The van der Waals surface area contributed by atoms with Crippen molar-refractivity contribution in [1.82, 2.24) is 5.16 Å². The van der Waals surface area contributed by atoms with Crippen LogP contribution in [0.2, 0.25) is 0 Å². The summed E-state index contributed by atoms with van der Waals surface area (Å²) < 4.78 is 9.77. The molecule has 0 bridgehead atoms. The highest BCUT2D eigenvalue weighted by Gasteiger charge is 2.24. The number of esters is 1. The Bertz CT molecular complexity index is 739. The van der Waals surface area contributed by atoms with Crippen molar-refractivity contribution in [2.75, 3.05) is 12.4 Å². The predicted molar refractivity (Wildman–Crippen MR) is 82.4 cm³/mol. The van der Waals surface area contributed by atoms with E-state index in [0.29, 0.717) is 23.6 Å². The molecule has 8 nitrogen and oxygen atoms in total. The number of aromatic nitrogens is 1. The van der Waals surface area contributed by atoms with E-state index in [2.05, 4.69) is 15.2 Å². The molecule has 0 unspecified atom stereocenters. The molecule has 0 aliphatic rings. The SMILES string of the molecule is CCc1cc(CNc2cc(C)c([N+](=O)[O-])c(C(=O)OC)c2)on1. The van der Waals surface area contributed by atoms with Gasteiger partial charge in [0.15, 0.2) is 5.76 Å². The summed E-state index contributed by atoms with van der Waals surface area (Å²) >= 11 is 0. The number of methoxy groups -OCH3 is 1. The minimum Gasteiger partial charge on any atom is -0.465 e. The van der Waals surface area contributed by atoms with Crippen molar-refractivity contribution in [2.24, 2.45) is 0 Å². The van der Waals surface area contributed by atoms with Gasteiger partial charge in [-0.15, -0.1) is 0 Å². The van der Waals surface area contributed by atoms with Crippen LogP contribution in [-0.4, -0.2) is 23.2 Å². The quantitative estimate of drug-likeness (QED) is 0.495. The van der Waals surface area contributed by atoms with Gasteiger partial charge >= 0.3 is 5.97 Å². The fourth-order valence-corrected chi connectivity index (χ4v) is 2.18. The first-order chi connectivity index (χ1) is 11.0. The number of rotatable bonds is 6. The van der Waals surface area contributed by atoms with Crippen LogP contribution in [-0.2, 0) is 17.7 Å². The number of hydrogen-bond acceptors (Lipinski definition) is 7. The van der Waals surface area contributed by atoms with Gasteiger partial charge in [-0.1, -0.05) is 12.1 Å². The molecule has 0 radical (unpaired) electrons. The summed E-state index contributed by atoms with van der Waals surface area (Å²) in [4.78, 5) is 22.3. The molecule has 0 amide bonds. The normalized spacial score (nSPS) is 10.4. The average Bonchev–Trinajstić information content (AvgIpc) is 2.99. The van der Waals surface area contributed by atoms with E-state index in [9.17, 15) is 14.9 Å². The van der Waals surface area contributed by atoms with E-state index in [1.807, 2.05) is 13.0 Å². The third-order valence-corrected chi connectivity index (χ3v) is 3.33. The summed E-state index contributed by atoms with van der Waals surface area (Å²) in [6.07, 6.45) is 0.770. The van der Waals surface area contributed by atoms with Crippen LogP contribution in [0.4, 0.5) is 11.4 Å². The lowest BCUT2D eigenvalue weighted by Gasteiger charge is -2.09. The second-order valence-corrected chi connectivity index (χ2v) is 4.93. The van der Waals surface area contributed by atoms with Crippen molar-refractivity contribution in [3.05, 3.63) is 50.9 Å². The van der Waals surface area contributed by atoms with Crippen molar-refractivity contribution in [3.63, 3.8) is 0 Å². The average molecular weight is 319 g/mol. The number of anilines is 1. The summed E-state index contributed by atoms with van der Waals surface area (Å²) in [5.74, 6) is -0.117. The minimum atomic E-state index is -0.753. The zero-order valence-corrected chi connectivity index (χ0v) is 13.1. The number of benzene rings is 1. The van der Waals surface area contributed by atoms with Crippen LogP contribution < -0.4 is 5.32 Å². The van der Waals surface area contributed by atoms with Crippen LogP contribution in [0.5, 0.6) is 0 Å². The van der Waals surface area contributed by atoms with Gasteiger partial charge in [-0.2, -0.15) is 0 Å². The van der Waals surface area contributed by atoms with Crippen molar-refractivity contribution >= 4 is 17.3 Å². The summed E-state index contributed by atoms with van der Waals surface area (Å²) in [5, 5.41) is 18.1. The molecule has 0 atom stereocenters. The Hall–Kier alpha value is -2.90. The van der Waals surface area contributed by atoms with E-state index in [0.717, 1.165) is 12.1 Å². The largest absolute Gasteiger partial charge is 0.465 e. The molecule has 1 aromatic carbocycles. The van der Waals surface area contributed by atoms with E-state index < -0.39 is 10.9 Å². The maximum absolute atomic E-state index is 11.8. The van der Waals surface area contributed by atoms with Gasteiger partial charge in [0.25, 0.3) is 5.69 Å². The predicted octanol–water partition coefficient (Wildman–Crippen LogP) is 2.85. The van der Waals surface area contributed by atoms with E-state index in [4.69, 9.17) is 4.52 Å². The van der Waals surface area contributed by atoms with E-state index in [1.54, 1.807) is 13.0 Å². The highest BCUT2D eigenvalue weighted by molar-refractivity contribution is 5.95. The first-order valence-corrected chi connectivity index (χ1v) is 7.02. The fourth-order valence-electron chi connectivity index (χ4n) is 2.18. The topological polar surface area (TPSA) is 108 Å².